The highest BCUT2D eigenvalue weighted by Crippen LogP contribution is 2.19. The van der Waals surface area contributed by atoms with Crippen molar-refractivity contribution in [1.82, 2.24) is 0 Å². The summed E-state index contributed by atoms with van der Waals surface area (Å²) >= 11 is 0. The zero-order chi connectivity index (χ0) is 11.1. The van der Waals surface area contributed by atoms with Gasteiger partial charge in [0.2, 0.25) is 0 Å². The Morgan fingerprint density at radius 1 is 1.27 bits per heavy atom. The van der Waals surface area contributed by atoms with E-state index < -0.39 is 0 Å². The van der Waals surface area contributed by atoms with Crippen LogP contribution in [0.5, 0.6) is 0 Å². The fraction of sp³-hybridized carbons (Fsp3) is 0.333. The van der Waals surface area contributed by atoms with E-state index in [0.717, 1.165) is 12.8 Å². The van der Waals surface area contributed by atoms with E-state index in [-0.39, 0.29) is 0 Å². The SMILES string of the molecule is C=C/C=C\CC(C)c1ccc(CC)cc1. The summed E-state index contributed by atoms with van der Waals surface area (Å²) in [5.74, 6) is 0.590. The van der Waals surface area contributed by atoms with E-state index in [1.54, 1.807) is 0 Å². The van der Waals surface area contributed by atoms with Crippen molar-refractivity contribution in [3.63, 3.8) is 0 Å². The lowest BCUT2D eigenvalue weighted by Gasteiger charge is -2.09. The second-order valence-electron chi connectivity index (χ2n) is 3.90. The Balaban J connectivity index is 2.61. The minimum atomic E-state index is 0.590. The number of hydrogen-bond donors (Lipinski definition) is 0. The van der Waals surface area contributed by atoms with Crippen molar-refractivity contribution in [2.45, 2.75) is 32.6 Å². The molecule has 0 heteroatoms. The van der Waals surface area contributed by atoms with Gasteiger partial charge in [0.05, 0.1) is 0 Å². The molecule has 1 aromatic carbocycles. The minimum Gasteiger partial charge on any atom is -0.0991 e. The van der Waals surface area contributed by atoms with Crippen molar-refractivity contribution in [3.05, 3.63) is 60.2 Å². The molecule has 1 atom stereocenters. The highest BCUT2D eigenvalue weighted by atomic mass is 14.1. The first-order valence-corrected chi connectivity index (χ1v) is 5.64. The van der Waals surface area contributed by atoms with Crippen molar-refractivity contribution < 1.29 is 0 Å². The Bertz CT molecular complexity index is 316. The summed E-state index contributed by atoms with van der Waals surface area (Å²) in [6.07, 6.45) is 8.21. The van der Waals surface area contributed by atoms with Crippen LogP contribution < -0.4 is 0 Å². The maximum absolute atomic E-state index is 3.67. The van der Waals surface area contributed by atoms with Crippen molar-refractivity contribution in [1.29, 1.82) is 0 Å². The quantitative estimate of drug-likeness (QED) is 0.614. The first-order valence-electron chi connectivity index (χ1n) is 5.64. The van der Waals surface area contributed by atoms with Gasteiger partial charge in [0.15, 0.2) is 0 Å². The van der Waals surface area contributed by atoms with Gasteiger partial charge < -0.3 is 0 Å². The van der Waals surface area contributed by atoms with E-state index in [2.05, 4.69) is 50.8 Å². The minimum absolute atomic E-state index is 0.590. The average Bonchev–Trinajstić information content (AvgIpc) is 2.29. The van der Waals surface area contributed by atoms with E-state index in [9.17, 15) is 0 Å². The zero-order valence-corrected chi connectivity index (χ0v) is 9.74. The molecular weight excluding hydrogens is 180 g/mol. The summed E-state index contributed by atoms with van der Waals surface area (Å²) in [6, 6.07) is 8.93. The van der Waals surface area contributed by atoms with Gasteiger partial charge in [-0.15, -0.1) is 0 Å². The number of aryl methyl sites for hydroxylation is 1. The molecule has 0 nitrogen and oxygen atoms in total. The van der Waals surface area contributed by atoms with E-state index in [4.69, 9.17) is 0 Å². The summed E-state index contributed by atoms with van der Waals surface area (Å²) in [7, 11) is 0. The van der Waals surface area contributed by atoms with Crippen molar-refractivity contribution in [3.8, 4) is 0 Å². The molecule has 0 radical (unpaired) electrons. The van der Waals surface area contributed by atoms with Crippen LogP contribution in [0.25, 0.3) is 0 Å². The zero-order valence-electron chi connectivity index (χ0n) is 9.74. The first kappa shape index (κ1) is 11.8. The Kier molecular flexibility index (Phi) is 4.89. The highest BCUT2D eigenvalue weighted by Gasteiger charge is 2.02. The third-order valence-electron chi connectivity index (χ3n) is 2.72. The van der Waals surface area contributed by atoms with Crippen LogP contribution in [0.2, 0.25) is 0 Å². The molecule has 0 saturated carbocycles. The van der Waals surface area contributed by atoms with Gasteiger partial charge in [-0.2, -0.15) is 0 Å². The molecule has 0 N–H and O–H groups in total. The maximum Gasteiger partial charge on any atom is -0.0156 e. The predicted molar refractivity (Wildman–Crippen MR) is 68.2 cm³/mol. The van der Waals surface area contributed by atoms with Crippen LogP contribution in [0, 0.1) is 0 Å². The molecule has 0 aliphatic carbocycles. The molecule has 0 aromatic heterocycles. The first-order chi connectivity index (χ1) is 7.27. The second kappa shape index (κ2) is 6.23. The van der Waals surface area contributed by atoms with Gasteiger partial charge in [0.1, 0.15) is 0 Å². The van der Waals surface area contributed by atoms with Gasteiger partial charge in [-0.05, 0) is 29.9 Å². The monoisotopic (exact) mass is 200 g/mol. The normalized spacial score (nSPS) is 12.9. The van der Waals surface area contributed by atoms with Gasteiger partial charge in [0.25, 0.3) is 0 Å². The lowest BCUT2D eigenvalue weighted by atomic mass is 9.96. The second-order valence-corrected chi connectivity index (χ2v) is 3.90. The van der Waals surface area contributed by atoms with Crippen LogP contribution in [0.1, 0.15) is 37.3 Å². The lowest BCUT2D eigenvalue weighted by Crippen LogP contribution is -1.92. The molecule has 0 heterocycles. The lowest BCUT2D eigenvalue weighted by molar-refractivity contribution is 0.780. The summed E-state index contributed by atoms with van der Waals surface area (Å²) in [4.78, 5) is 0. The third kappa shape index (κ3) is 3.75. The Hall–Kier alpha value is -1.30. The molecule has 0 aliphatic heterocycles. The summed E-state index contributed by atoms with van der Waals surface area (Å²) in [6.45, 7) is 8.11. The largest absolute Gasteiger partial charge is 0.0991 e. The molecule has 15 heavy (non-hydrogen) atoms. The van der Waals surface area contributed by atoms with Crippen LogP contribution in [0.3, 0.4) is 0 Å². The Labute approximate surface area is 93.3 Å². The molecule has 1 unspecified atom stereocenters. The van der Waals surface area contributed by atoms with E-state index >= 15 is 0 Å². The smallest absolute Gasteiger partial charge is 0.0156 e. The standard InChI is InChI=1S/C15H20/c1-4-6-7-8-13(3)15-11-9-14(5-2)10-12-15/h4,6-7,9-13H,1,5,8H2,2-3H3/b7-6-. The molecule has 80 valence electrons. The van der Waals surface area contributed by atoms with Crippen LogP contribution in [0.4, 0.5) is 0 Å². The number of allylic oxidation sites excluding steroid dienone is 3. The molecular formula is C15H20. The summed E-state index contributed by atoms with van der Waals surface area (Å²) in [5, 5.41) is 0. The van der Waals surface area contributed by atoms with Gasteiger partial charge in [-0.3, -0.25) is 0 Å². The van der Waals surface area contributed by atoms with Gasteiger partial charge in [0, 0.05) is 0 Å². The predicted octanol–water partition coefficient (Wildman–Crippen LogP) is 4.48. The molecule has 0 fully saturated rings. The molecule has 0 saturated heterocycles. The van der Waals surface area contributed by atoms with Gasteiger partial charge in [-0.1, -0.05) is 62.9 Å². The van der Waals surface area contributed by atoms with Crippen molar-refractivity contribution >= 4 is 0 Å². The topological polar surface area (TPSA) is 0 Å². The molecule has 0 spiro atoms. The van der Waals surface area contributed by atoms with Crippen molar-refractivity contribution in [2.75, 3.05) is 0 Å². The van der Waals surface area contributed by atoms with E-state index in [1.807, 2.05) is 12.2 Å². The Morgan fingerprint density at radius 2 is 1.93 bits per heavy atom. The molecule has 0 aliphatic rings. The molecule has 1 aromatic rings. The van der Waals surface area contributed by atoms with Gasteiger partial charge in [-0.25, -0.2) is 0 Å². The highest BCUT2D eigenvalue weighted by molar-refractivity contribution is 5.25. The Morgan fingerprint density at radius 3 is 2.47 bits per heavy atom. The summed E-state index contributed by atoms with van der Waals surface area (Å²) < 4.78 is 0. The molecule has 0 amide bonds. The van der Waals surface area contributed by atoms with Crippen LogP contribution >= 0.6 is 0 Å². The van der Waals surface area contributed by atoms with E-state index in [1.165, 1.54) is 11.1 Å². The fourth-order valence-electron chi connectivity index (χ4n) is 1.60. The third-order valence-corrected chi connectivity index (χ3v) is 2.72. The number of rotatable bonds is 5. The van der Waals surface area contributed by atoms with Gasteiger partial charge >= 0.3 is 0 Å². The van der Waals surface area contributed by atoms with Crippen LogP contribution in [0.15, 0.2) is 49.1 Å². The van der Waals surface area contributed by atoms with Crippen LogP contribution in [-0.4, -0.2) is 0 Å². The molecule has 1 rings (SSSR count). The molecule has 0 bridgehead atoms. The fourth-order valence-corrected chi connectivity index (χ4v) is 1.60. The van der Waals surface area contributed by atoms with E-state index in [0.29, 0.717) is 5.92 Å². The number of hydrogen-bond acceptors (Lipinski definition) is 0. The van der Waals surface area contributed by atoms with Crippen molar-refractivity contribution in [2.24, 2.45) is 0 Å². The maximum atomic E-state index is 3.67. The average molecular weight is 200 g/mol. The van der Waals surface area contributed by atoms with Crippen LogP contribution in [-0.2, 0) is 6.42 Å². The number of benzene rings is 1. The summed E-state index contributed by atoms with van der Waals surface area (Å²) in [5.41, 5.74) is 2.83.